The van der Waals surface area contributed by atoms with Gasteiger partial charge in [0.05, 0.1) is 6.20 Å². The number of nitrogens with zero attached hydrogens (tertiary/aromatic N) is 3. The summed E-state index contributed by atoms with van der Waals surface area (Å²) in [5, 5.41) is 22.0. The molecule has 20 heavy (non-hydrogen) atoms. The molecule has 1 saturated heterocycles. The summed E-state index contributed by atoms with van der Waals surface area (Å²) in [7, 11) is 1.46. The minimum Gasteiger partial charge on any atom is -0.480 e. The molecule has 0 spiro atoms. The highest BCUT2D eigenvalue weighted by atomic mass is 16.4. The second kappa shape index (κ2) is 5.32. The molecule has 0 aliphatic carbocycles. The van der Waals surface area contributed by atoms with Crippen molar-refractivity contribution in [3.63, 3.8) is 0 Å². The number of rotatable bonds is 3. The Hall–Kier alpha value is -2.38. The number of likely N-dealkylation sites (tertiary alicyclic amines) is 1. The van der Waals surface area contributed by atoms with E-state index in [2.05, 4.69) is 5.10 Å². The first-order chi connectivity index (χ1) is 9.43. The molecule has 1 aliphatic rings. The fraction of sp³-hybridized carbons (Fsp3) is 0.500. The number of carboxylic acid groups (broad SMARTS) is 2. The molecular weight excluding hydrogens is 266 g/mol. The lowest BCUT2D eigenvalue weighted by atomic mass is 10.0. The molecule has 0 saturated carbocycles. The lowest BCUT2D eigenvalue weighted by molar-refractivity contribution is -0.143. The number of aliphatic carboxylic acids is 1. The van der Waals surface area contributed by atoms with Crippen LogP contribution >= 0.6 is 0 Å². The zero-order valence-corrected chi connectivity index (χ0v) is 10.9. The monoisotopic (exact) mass is 281 g/mol. The van der Waals surface area contributed by atoms with Gasteiger partial charge in [0.15, 0.2) is 0 Å². The Labute approximate surface area is 114 Å². The van der Waals surface area contributed by atoms with Crippen LogP contribution < -0.4 is 0 Å². The number of aryl methyl sites for hydroxylation is 1. The number of amides is 1. The van der Waals surface area contributed by atoms with Gasteiger partial charge in [0, 0.05) is 13.6 Å². The molecule has 8 heteroatoms. The van der Waals surface area contributed by atoms with Crippen LogP contribution in [0.1, 0.15) is 40.1 Å². The van der Waals surface area contributed by atoms with Crippen molar-refractivity contribution in [2.45, 2.75) is 25.3 Å². The van der Waals surface area contributed by atoms with E-state index in [1.807, 2.05) is 0 Å². The molecule has 1 aromatic rings. The van der Waals surface area contributed by atoms with Gasteiger partial charge in [-0.1, -0.05) is 0 Å². The smallest absolute Gasteiger partial charge is 0.339 e. The lowest BCUT2D eigenvalue weighted by Gasteiger charge is -2.32. The van der Waals surface area contributed by atoms with Gasteiger partial charge in [0.25, 0.3) is 5.91 Å². The molecule has 1 fully saturated rings. The van der Waals surface area contributed by atoms with Crippen LogP contribution in [0.3, 0.4) is 0 Å². The van der Waals surface area contributed by atoms with Gasteiger partial charge in [0.2, 0.25) is 0 Å². The Morgan fingerprint density at radius 1 is 1.30 bits per heavy atom. The quantitative estimate of drug-likeness (QED) is 0.818. The fourth-order valence-electron chi connectivity index (χ4n) is 2.42. The zero-order valence-electron chi connectivity index (χ0n) is 10.9. The predicted molar refractivity (Wildman–Crippen MR) is 66.5 cm³/mol. The number of carbonyl (C=O) groups excluding carboxylic acids is 1. The van der Waals surface area contributed by atoms with E-state index in [1.165, 1.54) is 16.6 Å². The molecule has 108 valence electrons. The zero-order chi connectivity index (χ0) is 14.9. The SMILES string of the molecule is Cn1ncc(C(=O)O)c1C(=O)N1CCCCC1C(=O)O. The van der Waals surface area contributed by atoms with Crippen LogP contribution in [0, 0.1) is 0 Å². The van der Waals surface area contributed by atoms with Crippen LogP contribution in [0.2, 0.25) is 0 Å². The molecule has 1 atom stereocenters. The lowest BCUT2D eigenvalue weighted by Crippen LogP contribution is -2.48. The third kappa shape index (κ3) is 2.36. The number of carboxylic acids is 2. The average Bonchev–Trinajstić information content (AvgIpc) is 2.80. The number of piperidine rings is 1. The van der Waals surface area contributed by atoms with E-state index >= 15 is 0 Å². The summed E-state index contributed by atoms with van der Waals surface area (Å²) in [6.45, 7) is 0.306. The van der Waals surface area contributed by atoms with Gasteiger partial charge in [-0.25, -0.2) is 9.59 Å². The van der Waals surface area contributed by atoms with Gasteiger partial charge in [-0.05, 0) is 19.3 Å². The normalized spacial score (nSPS) is 18.9. The summed E-state index contributed by atoms with van der Waals surface area (Å²) < 4.78 is 1.17. The molecular formula is C12H15N3O5. The van der Waals surface area contributed by atoms with E-state index in [0.717, 1.165) is 12.6 Å². The molecule has 0 radical (unpaired) electrons. The standard InChI is InChI=1S/C12H15N3O5/c1-14-9(7(6-13-14)11(17)18)10(16)15-5-3-2-4-8(15)12(19)20/h6,8H,2-5H2,1H3,(H,17,18)(H,19,20). The van der Waals surface area contributed by atoms with Crippen LogP contribution in [0.15, 0.2) is 6.20 Å². The Bertz CT molecular complexity index is 565. The Kier molecular flexibility index (Phi) is 3.73. The summed E-state index contributed by atoms with van der Waals surface area (Å²) in [5.41, 5.74) is -0.308. The molecule has 2 N–H and O–H groups in total. The second-order valence-corrected chi connectivity index (χ2v) is 4.68. The highest BCUT2D eigenvalue weighted by Gasteiger charge is 2.35. The van der Waals surface area contributed by atoms with Gasteiger partial charge in [0.1, 0.15) is 17.3 Å². The van der Waals surface area contributed by atoms with Crippen LogP contribution in [0.5, 0.6) is 0 Å². The van der Waals surface area contributed by atoms with Crippen LogP contribution in [0.25, 0.3) is 0 Å². The summed E-state index contributed by atoms with van der Waals surface area (Å²) >= 11 is 0. The van der Waals surface area contributed by atoms with Crippen LogP contribution in [-0.2, 0) is 11.8 Å². The van der Waals surface area contributed by atoms with Crippen molar-refractivity contribution in [2.24, 2.45) is 7.05 Å². The van der Waals surface area contributed by atoms with Crippen molar-refractivity contribution in [1.82, 2.24) is 14.7 Å². The van der Waals surface area contributed by atoms with Gasteiger partial charge in [-0.3, -0.25) is 9.48 Å². The first kappa shape index (κ1) is 14.0. The van der Waals surface area contributed by atoms with E-state index < -0.39 is 23.9 Å². The van der Waals surface area contributed by atoms with Crippen molar-refractivity contribution in [2.75, 3.05) is 6.54 Å². The van der Waals surface area contributed by atoms with Crippen molar-refractivity contribution < 1.29 is 24.6 Å². The van der Waals surface area contributed by atoms with Crippen molar-refractivity contribution >= 4 is 17.8 Å². The molecule has 0 bridgehead atoms. The van der Waals surface area contributed by atoms with Crippen molar-refractivity contribution in [3.8, 4) is 0 Å². The molecule has 2 rings (SSSR count). The maximum Gasteiger partial charge on any atom is 0.339 e. The van der Waals surface area contributed by atoms with E-state index in [0.29, 0.717) is 19.4 Å². The van der Waals surface area contributed by atoms with Crippen LogP contribution in [-0.4, -0.2) is 55.3 Å². The predicted octanol–water partition coefficient (Wildman–Crippen LogP) is 0.198. The first-order valence-corrected chi connectivity index (χ1v) is 6.22. The summed E-state index contributed by atoms with van der Waals surface area (Å²) in [4.78, 5) is 36.0. The Morgan fingerprint density at radius 3 is 2.60 bits per heavy atom. The van der Waals surface area contributed by atoms with Crippen LogP contribution in [0.4, 0.5) is 0 Å². The minimum absolute atomic E-state index is 0.0920. The van der Waals surface area contributed by atoms with Gasteiger partial charge in [-0.2, -0.15) is 5.10 Å². The number of hydrogen-bond donors (Lipinski definition) is 2. The highest BCUT2D eigenvalue weighted by Crippen LogP contribution is 2.21. The van der Waals surface area contributed by atoms with E-state index in [9.17, 15) is 19.5 Å². The first-order valence-electron chi connectivity index (χ1n) is 6.22. The number of carbonyl (C=O) groups is 3. The van der Waals surface area contributed by atoms with Gasteiger partial charge >= 0.3 is 11.9 Å². The molecule has 2 heterocycles. The topological polar surface area (TPSA) is 113 Å². The summed E-state index contributed by atoms with van der Waals surface area (Å²) in [6.07, 6.45) is 2.91. The van der Waals surface area contributed by atoms with Crippen molar-refractivity contribution in [3.05, 3.63) is 17.5 Å². The van der Waals surface area contributed by atoms with E-state index in [4.69, 9.17) is 5.11 Å². The third-order valence-corrected chi connectivity index (χ3v) is 3.42. The molecule has 1 amide bonds. The second-order valence-electron chi connectivity index (χ2n) is 4.68. The van der Waals surface area contributed by atoms with E-state index in [-0.39, 0.29) is 11.3 Å². The molecule has 1 aliphatic heterocycles. The number of hydrogen-bond acceptors (Lipinski definition) is 4. The third-order valence-electron chi connectivity index (χ3n) is 3.42. The fourth-order valence-corrected chi connectivity index (χ4v) is 2.42. The minimum atomic E-state index is -1.26. The number of aromatic nitrogens is 2. The van der Waals surface area contributed by atoms with Gasteiger partial charge in [-0.15, -0.1) is 0 Å². The Morgan fingerprint density at radius 2 is 2.00 bits per heavy atom. The van der Waals surface area contributed by atoms with Gasteiger partial charge < -0.3 is 15.1 Å². The molecule has 1 aromatic heterocycles. The highest BCUT2D eigenvalue weighted by molar-refractivity contribution is 6.04. The maximum absolute atomic E-state index is 12.5. The molecule has 1 unspecified atom stereocenters. The largest absolute Gasteiger partial charge is 0.480 e. The molecule has 8 nitrogen and oxygen atoms in total. The molecule has 0 aromatic carbocycles. The summed E-state index contributed by atoms with van der Waals surface area (Å²) in [6, 6.07) is -0.909. The summed E-state index contributed by atoms with van der Waals surface area (Å²) in [5.74, 6) is -2.93. The van der Waals surface area contributed by atoms with E-state index in [1.54, 1.807) is 0 Å². The Balaban J connectivity index is 2.37. The average molecular weight is 281 g/mol. The maximum atomic E-state index is 12.5. The van der Waals surface area contributed by atoms with Crippen molar-refractivity contribution in [1.29, 1.82) is 0 Å². The number of aromatic carboxylic acids is 1.